The van der Waals surface area contributed by atoms with E-state index >= 15 is 0 Å². The summed E-state index contributed by atoms with van der Waals surface area (Å²) >= 11 is 0. The summed E-state index contributed by atoms with van der Waals surface area (Å²) in [6.45, 7) is 9.40. The van der Waals surface area contributed by atoms with Gasteiger partial charge in [0.1, 0.15) is 6.54 Å². The number of benzene rings is 6. The van der Waals surface area contributed by atoms with Crippen molar-refractivity contribution in [3.8, 4) is 0 Å². The first-order chi connectivity index (χ1) is 31.1. The molecular formula is C58H55N4O2+. The highest BCUT2D eigenvalue weighted by molar-refractivity contribution is 6.06. The van der Waals surface area contributed by atoms with E-state index in [-0.39, 0.29) is 35.7 Å². The Morgan fingerprint density at radius 2 is 1.06 bits per heavy atom. The molecule has 2 amide bonds. The van der Waals surface area contributed by atoms with Crippen molar-refractivity contribution in [1.82, 2.24) is 0 Å². The number of para-hydroxylation sites is 6. The topological polar surface area (TPSA) is 46.9 Å². The second kappa shape index (κ2) is 17.8. The van der Waals surface area contributed by atoms with Gasteiger partial charge in [-0.3, -0.25) is 19.4 Å². The maximum Gasteiger partial charge on any atom is 0.297 e. The fourth-order valence-electron chi connectivity index (χ4n) is 9.73. The lowest BCUT2D eigenvalue weighted by Crippen LogP contribution is -2.38. The summed E-state index contributed by atoms with van der Waals surface area (Å²) in [6, 6.07) is 56.6. The maximum atomic E-state index is 14.6. The van der Waals surface area contributed by atoms with E-state index in [2.05, 4.69) is 116 Å². The van der Waals surface area contributed by atoms with E-state index in [0.717, 1.165) is 64.8 Å². The fourth-order valence-corrected chi connectivity index (χ4v) is 9.73. The number of carbonyl (C=O) groups excluding carboxylic acids is 2. The third-order valence-corrected chi connectivity index (χ3v) is 13.0. The largest absolute Gasteiger partial charge is 0.335 e. The second-order valence-corrected chi connectivity index (χ2v) is 17.8. The van der Waals surface area contributed by atoms with Gasteiger partial charge in [-0.05, 0) is 110 Å². The Morgan fingerprint density at radius 1 is 0.562 bits per heavy atom. The number of rotatable bonds is 11. The van der Waals surface area contributed by atoms with Crippen LogP contribution in [-0.4, -0.2) is 35.2 Å². The first-order valence-electron chi connectivity index (χ1n) is 22.4. The molecule has 1 aliphatic carbocycles. The number of allylic oxidation sites excluding steroid dienone is 8. The van der Waals surface area contributed by atoms with E-state index in [9.17, 15) is 9.59 Å². The summed E-state index contributed by atoms with van der Waals surface area (Å²) in [4.78, 5) is 35.0. The minimum absolute atomic E-state index is 0.00786. The lowest BCUT2D eigenvalue weighted by molar-refractivity contribution is -0.424. The first-order valence-corrected chi connectivity index (χ1v) is 22.4. The third-order valence-electron chi connectivity index (χ3n) is 13.0. The Labute approximate surface area is 378 Å². The monoisotopic (exact) mass is 839 g/mol. The molecule has 0 N–H and O–H groups in total. The average Bonchev–Trinajstić information content (AvgIpc) is 3.66. The van der Waals surface area contributed by atoms with Crippen molar-refractivity contribution in [2.75, 3.05) is 27.8 Å². The van der Waals surface area contributed by atoms with Crippen LogP contribution in [0.15, 0.2) is 217 Å². The van der Waals surface area contributed by atoms with Gasteiger partial charge in [-0.15, -0.1) is 0 Å². The van der Waals surface area contributed by atoms with Crippen molar-refractivity contribution in [3.05, 3.63) is 228 Å². The number of nitrogens with zero attached hydrogens (tertiary/aromatic N) is 4. The van der Waals surface area contributed by atoms with Crippen LogP contribution in [0.3, 0.4) is 0 Å². The highest BCUT2D eigenvalue weighted by Gasteiger charge is 2.45. The molecule has 3 aliphatic rings. The van der Waals surface area contributed by atoms with Gasteiger partial charge in [-0.1, -0.05) is 141 Å². The average molecular weight is 840 g/mol. The van der Waals surface area contributed by atoms with E-state index in [0.29, 0.717) is 0 Å². The Kier molecular flexibility index (Phi) is 11.7. The van der Waals surface area contributed by atoms with Gasteiger partial charge in [-0.2, -0.15) is 4.58 Å². The SMILES string of the molecule is CC1(C)C(/C=C/C2=CC(=C/C=C3/N(CC(=O)N(c4ccccc4)c4ccccc4)c4ccccc4C3(C)C)/CCC2)=[N+](CC(=O)N(c2ccccc2)c2ccccc2)c2ccccc21. The molecule has 2 heterocycles. The smallest absolute Gasteiger partial charge is 0.297 e. The van der Waals surface area contributed by atoms with Crippen LogP contribution >= 0.6 is 0 Å². The van der Waals surface area contributed by atoms with Crippen molar-refractivity contribution < 1.29 is 14.2 Å². The molecular weight excluding hydrogens is 785 g/mol. The summed E-state index contributed by atoms with van der Waals surface area (Å²) in [5, 5.41) is 0. The molecule has 0 bridgehead atoms. The Balaban J connectivity index is 1.03. The van der Waals surface area contributed by atoms with E-state index < -0.39 is 0 Å². The summed E-state index contributed by atoms with van der Waals surface area (Å²) in [7, 11) is 0. The van der Waals surface area contributed by atoms with Crippen LogP contribution in [0.4, 0.5) is 34.1 Å². The van der Waals surface area contributed by atoms with Crippen LogP contribution in [0, 0.1) is 0 Å². The second-order valence-electron chi connectivity index (χ2n) is 17.8. The quantitative estimate of drug-likeness (QED) is 0.122. The highest BCUT2D eigenvalue weighted by atomic mass is 16.2. The third kappa shape index (κ3) is 8.20. The predicted octanol–water partition coefficient (Wildman–Crippen LogP) is 13.1. The molecule has 318 valence electrons. The van der Waals surface area contributed by atoms with Gasteiger partial charge in [0, 0.05) is 57.3 Å². The van der Waals surface area contributed by atoms with Crippen molar-refractivity contribution in [1.29, 1.82) is 0 Å². The standard InChI is InChI=1S/C58H55N4O2/c1-57(2)49-32-17-19-34-51(49)59(41-55(63)61(45-24-9-5-10-25-45)46-26-11-6-12-27-46)53(57)38-36-43-22-21-23-44(40-43)37-39-54-58(3,4)50-33-18-20-35-52(50)60(54)42-56(64)62(47-28-13-7-14-29-47)48-30-15-8-16-31-48/h5-20,24-40H,21-23,41-42H2,1-4H3/q+1. The van der Waals surface area contributed by atoms with Gasteiger partial charge in [-0.25, -0.2) is 0 Å². The van der Waals surface area contributed by atoms with Gasteiger partial charge in [0.15, 0.2) is 5.71 Å². The number of carbonyl (C=O) groups is 2. The predicted molar refractivity (Wildman–Crippen MR) is 263 cm³/mol. The zero-order chi connectivity index (χ0) is 44.3. The van der Waals surface area contributed by atoms with Crippen molar-refractivity contribution in [2.24, 2.45) is 0 Å². The lowest BCUT2D eigenvalue weighted by Gasteiger charge is -2.30. The molecule has 0 aromatic heterocycles. The zero-order valence-corrected chi connectivity index (χ0v) is 37.2. The van der Waals surface area contributed by atoms with E-state index in [1.165, 1.54) is 22.3 Å². The van der Waals surface area contributed by atoms with Gasteiger partial charge in [0.25, 0.3) is 11.8 Å². The van der Waals surface area contributed by atoms with Gasteiger partial charge in [0.05, 0.1) is 5.41 Å². The van der Waals surface area contributed by atoms with Crippen molar-refractivity contribution in [3.63, 3.8) is 0 Å². The van der Waals surface area contributed by atoms with Crippen molar-refractivity contribution >= 4 is 51.7 Å². The van der Waals surface area contributed by atoms with E-state index in [1.54, 1.807) is 0 Å². The molecule has 0 saturated carbocycles. The normalized spacial score (nSPS) is 17.4. The Hall–Kier alpha value is -7.31. The summed E-state index contributed by atoms with van der Waals surface area (Å²) in [5.74, 6) is -0.0157. The van der Waals surface area contributed by atoms with Crippen LogP contribution < -0.4 is 14.7 Å². The number of hydrogen-bond donors (Lipinski definition) is 0. The molecule has 6 heteroatoms. The molecule has 6 nitrogen and oxygen atoms in total. The van der Waals surface area contributed by atoms with E-state index in [4.69, 9.17) is 0 Å². The Bertz CT molecular complexity index is 2760. The van der Waals surface area contributed by atoms with Gasteiger partial charge in [0.2, 0.25) is 12.2 Å². The minimum Gasteiger partial charge on any atom is -0.335 e. The number of fused-ring (bicyclic) bond motifs is 2. The summed E-state index contributed by atoms with van der Waals surface area (Å²) in [6.07, 6.45) is 14.3. The molecule has 9 rings (SSSR count). The maximum absolute atomic E-state index is 14.6. The molecule has 0 atom stereocenters. The van der Waals surface area contributed by atoms with Gasteiger partial charge < -0.3 is 4.90 Å². The van der Waals surface area contributed by atoms with Crippen molar-refractivity contribution in [2.45, 2.75) is 57.8 Å². The van der Waals surface area contributed by atoms with Crippen LogP contribution in [0.2, 0.25) is 0 Å². The molecule has 0 spiro atoms. The zero-order valence-electron chi connectivity index (χ0n) is 37.2. The van der Waals surface area contributed by atoms with Crippen LogP contribution in [0.1, 0.15) is 58.1 Å². The highest BCUT2D eigenvalue weighted by Crippen LogP contribution is 2.48. The molecule has 6 aromatic carbocycles. The molecule has 6 aromatic rings. The summed E-state index contributed by atoms with van der Waals surface area (Å²) in [5.41, 5.74) is 11.9. The Morgan fingerprint density at radius 3 is 1.64 bits per heavy atom. The van der Waals surface area contributed by atoms with E-state index in [1.807, 2.05) is 131 Å². The summed E-state index contributed by atoms with van der Waals surface area (Å²) < 4.78 is 2.21. The molecule has 2 aliphatic heterocycles. The minimum atomic E-state index is -0.323. The molecule has 0 unspecified atom stereocenters. The molecule has 0 saturated heterocycles. The van der Waals surface area contributed by atoms with Crippen LogP contribution in [0.25, 0.3) is 0 Å². The lowest BCUT2D eigenvalue weighted by atomic mass is 9.81. The number of hydrogen-bond acceptors (Lipinski definition) is 3. The van der Waals surface area contributed by atoms with Gasteiger partial charge >= 0.3 is 0 Å². The van der Waals surface area contributed by atoms with Crippen LogP contribution in [-0.2, 0) is 20.4 Å². The molecule has 0 fully saturated rings. The molecule has 0 radical (unpaired) electrons. The number of anilines is 5. The number of amides is 2. The fraction of sp³-hybridized carbons (Fsp3) is 0.190. The van der Waals surface area contributed by atoms with Crippen LogP contribution in [0.5, 0.6) is 0 Å². The first kappa shape index (κ1) is 42.0. The molecule has 64 heavy (non-hydrogen) atoms.